The second kappa shape index (κ2) is 8.41. The maximum Gasteiger partial charge on any atom is 0.311 e. The van der Waals surface area contributed by atoms with Crippen molar-refractivity contribution >= 4 is 5.69 Å². The third-order valence-corrected chi connectivity index (χ3v) is 4.06. The predicted octanol–water partition coefficient (Wildman–Crippen LogP) is 3.16. The first-order chi connectivity index (χ1) is 13.1. The molecule has 2 heterocycles. The molecule has 0 radical (unpaired) electrons. The van der Waals surface area contributed by atoms with E-state index in [9.17, 15) is 10.1 Å². The van der Waals surface area contributed by atoms with Crippen LogP contribution in [0.5, 0.6) is 5.75 Å². The molecule has 0 amide bonds. The summed E-state index contributed by atoms with van der Waals surface area (Å²) in [6.07, 6.45) is 5.70. The van der Waals surface area contributed by atoms with Crippen LogP contribution in [-0.2, 0) is 24.8 Å². The number of nitro benzene ring substituents is 1. The summed E-state index contributed by atoms with van der Waals surface area (Å²) >= 11 is 0. The zero-order valence-corrected chi connectivity index (χ0v) is 15.2. The van der Waals surface area contributed by atoms with E-state index in [4.69, 9.17) is 9.47 Å². The van der Waals surface area contributed by atoms with Crippen molar-refractivity contribution in [1.29, 1.82) is 0 Å². The molecule has 140 valence electrons. The number of nitrogens with zero attached hydrogens (tertiary/aromatic N) is 4. The number of nitro groups is 1. The van der Waals surface area contributed by atoms with Gasteiger partial charge in [-0.05, 0) is 30.2 Å². The van der Waals surface area contributed by atoms with Crippen LogP contribution < -0.4 is 4.74 Å². The number of hydrogen-bond acceptors (Lipinski definition) is 6. The van der Waals surface area contributed by atoms with Crippen LogP contribution in [0.1, 0.15) is 11.3 Å². The van der Waals surface area contributed by atoms with E-state index in [2.05, 4.69) is 10.1 Å². The number of pyridine rings is 1. The van der Waals surface area contributed by atoms with E-state index in [1.165, 1.54) is 13.2 Å². The maximum absolute atomic E-state index is 11.5. The molecule has 27 heavy (non-hydrogen) atoms. The number of ether oxygens (including phenoxy) is 2. The van der Waals surface area contributed by atoms with Gasteiger partial charge in [0.05, 0.1) is 37.1 Å². The van der Waals surface area contributed by atoms with Gasteiger partial charge in [0.15, 0.2) is 0 Å². The normalized spacial score (nSPS) is 10.7. The van der Waals surface area contributed by atoms with E-state index in [1.807, 2.05) is 24.3 Å². The quantitative estimate of drug-likeness (QED) is 0.344. The minimum atomic E-state index is -0.434. The second-order valence-electron chi connectivity index (χ2n) is 5.98. The Labute approximate surface area is 156 Å². The monoisotopic (exact) mass is 368 g/mol. The molecule has 0 aliphatic rings. The van der Waals surface area contributed by atoms with E-state index in [0.717, 1.165) is 16.8 Å². The van der Waals surface area contributed by atoms with Gasteiger partial charge in [0.1, 0.15) is 0 Å². The molecule has 2 aromatic heterocycles. The molecule has 8 nitrogen and oxygen atoms in total. The Bertz CT molecular complexity index is 925. The van der Waals surface area contributed by atoms with E-state index in [1.54, 1.807) is 30.3 Å². The molecule has 8 heteroatoms. The molecule has 0 fully saturated rings. The summed E-state index contributed by atoms with van der Waals surface area (Å²) in [7, 11) is 3.22. The van der Waals surface area contributed by atoms with Crippen LogP contribution in [0.4, 0.5) is 5.69 Å². The van der Waals surface area contributed by atoms with Gasteiger partial charge in [-0.2, -0.15) is 5.10 Å². The zero-order chi connectivity index (χ0) is 19.2. The molecule has 0 aliphatic carbocycles. The van der Waals surface area contributed by atoms with Gasteiger partial charge in [0.25, 0.3) is 0 Å². The summed E-state index contributed by atoms with van der Waals surface area (Å²) in [4.78, 5) is 15.3. The van der Waals surface area contributed by atoms with Gasteiger partial charge in [-0.1, -0.05) is 6.07 Å². The second-order valence-corrected chi connectivity index (χ2v) is 5.98. The van der Waals surface area contributed by atoms with Gasteiger partial charge in [-0.15, -0.1) is 0 Å². The minimum Gasteiger partial charge on any atom is -0.490 e. The van der Waals surface area contributed by atoms with Crippen molar-refractivity contribution < 1.29 is 14.4 Å². The molecule has 3 aromatic rings. The fourth-order valence-electron chi connectivity index (χ4n) is 2.79. The molecule has 0 spiro atoms. The highest BCUT2D eigenvalue weighted by Crippen LogP contribution is 2.39. The molecule has 0 bridgehead atoms. The van der Waals surface area contributed by atoms with Crippen molar-refractivity contribution in [1.82, 2.24) is 14.8 Å². The average molecular weight is 368 g/mol. The summed E-state index contributed by atoms with van der Waals surface area (Å²) in [6, 6.07) is 9.05. The Morgan fingerprint density at radius 3 is 2.78 bits per heavy atom. The molecule has 0 saturated carbocycles. The largest absolute Gasteiger partial charge is 0.490 e. The lowest BCUT2D eigenvalue weighted by molar-refractivity contribution is -0.385. The first-order valence-corrected chi connectivity index (χ1v) is 8.40. The van der Waals surface area contributed by atoms with Crippen LogP contribution in [0.15, 0.2) is 48.9 Å². The Hall–Kier alpha value is -3.26. The van der Waals surface area contributed by atoms with Crippen molar-refractivity contribution in [2.24, 2.45) is 7.05 Å². The van der Waals surface area contributed by atoms with E-state index in [-0.39, 0.29) is 11.4 Å². The lowest BCUT2D eigenvalue weighted by atomic mass is 10.0. The first-order valence-electron chi connectivity index (χ1n) is 8.40. The number of methoxy groups -OCH3 is 1. The van der Waals surface area contributed by atoms with Crippen LogP contribution in [0.3, 0.4) is 0 Å². The Morgan fingerprint density at radius 2 is 2.15 bits per heavy atom. The topological polar surface area (TPSA) is 92.3 Å². The van der Waals surface area contributed by atoms with E-state index >= 15 is 0 Å². The van der Waals surface area contributed by atoms with Gasteiger partial charge in [0, 0.05) is 36.6 Å². The highest BCUT2D eigenvalue weighted by molar-refractivity contribution is 5.75. The third-order valence-electron chi connectivity index (χ3n) is 4.06. The fourth-order valence-corrected chi connectivity index (χ4v) is 2.79. The van der Waals surface area contributed by atoms with Crippen molar-refractivity contribution in [3.05, 3.63) is 70.3 Å². The van der Waals surface area contributed by atoms with Gasteiger partial charge in [-0.25, -0.2) is 0 Å². The third kappa shape index (κ3) is 4.48. The minimum absolute atomic E-state index is 0.0708. The number of hydrogen-bond donors (Lipinski definition) is 0. The molecule has 0 unspecified atom stereocenters. The SMILES string of the molecule is COc1c(-c2cnn(C)c2)cc(CCOCc2ccccn2)cc1[N+](=O)[O-]. The van der Waals surface area contributed by atoms with Gasteiger partial charge in [-0.3, -0.25) is 19.8 Å². The summed E-state index contributed by atoms with van der Waals surface area (Å²) in [6.45, 7) is 0.821. The molecule has 0 atom stereocenters. The highest BCUT2D eigenvalue weighted by atomic mass is 16.6. The summed E-state index contributed by atoms with van der Waals surface area (Å²) in [5, 5.41) is 15.6. The van der Waals surface area contributed by atoms with Crippen LogP contribution in [0.2, 0.25) is 0 Å². The predicted molar refractivity (Wildman–Crippen MR) is 99.4 cm³/mol. The van der Waals surface area contributed by atoms with E-state index < -0.39 is 4.92 Å². The molecule has 1 aromatic carbocycles. The average Bonchev–Trinajstić information content (AvgIpc) is 3.11. The smallest absolute Gasteiger partial charge is 0.311 e. The molecular formula is C19H20N4O4. The number of aromatic nitrogens is 3. The Morgan fingerprint density at radius 1 is 1.30 bits per heavy atom. The maximum atomic E-state index is 11.5. The van der Waals surface area contributed by atoms with Crippen molar-refractivity contribution in [2.45, 2.75) is 13.0 Å². The molecule has 0 N–H and O–H groups in total. The Kier molecular flexibility index (Phi) is 5.77. The van der Waals surface area contributed by atoms with Gasteiger partial charge in [0.2, 0.25) is 5.75 Å². The summed E-state index contributed by atoms with van der Waals surface area (Å²) in [5.41, 5.74) is 2.96. The molecular weight excluding hydrogens is 348 g/mol. The van der Waals surface area contributed by atoms with Crippen molar-refractivity contribution in [3.63, 3.8) is 0 Å². The van der Waals surface area contributed by atoms with Gasteiger partial charge >= 0.3 is 5.69 Å². The lowest BCUT2D eigenvalue weighted by Crippen LogP contribution is -2.03. The molecule has 0 saturated heterocycles. The first kappa shape index (κ1) is 18.5. The lowest BCUT2D eigenvalue weighted by Gasteiger charge is -2.11. The zero-order valence-electron chi connectivity index (χ0n) is 15.2. The van der Waals surface area contributed by atoms with Crippen LogP contribution in [-0.4, -0.2) is 33.4 Å². The van der Waals surface area contributed by atoms with Gasteiger partial charge < -0.3 is 9.47 Å². The summed E-state index contributed by atoms with van der Waals surface area (Å²) in [5.74, 6) is 0.228. The Balaban J connectivity index is 1.80. The summed E-state index contributed by atoms with van der Waals surface area (Å²) < 4.78 is 12.6. The fraction of sp³-hybridized carbons (Fsp3) is 0.263. The van der Waals surface area contributed by atoms with Crippen LogP contribution in [0.25, 0.3) is 11.1 Å². The number of aryl methyl sites for hydroxylation is 1. The van der Waals surface area contributed by atoms with Crippen LogP contribution in [0, 0.1) is 10.1 Å². The standard InChI is InChI=1S/C19H20N4O4/c1-22-12-15(11-21-22)17-9-14(10-18(23(24)25)19(17)26-2)6-8-27-13-16-5-3-4-7-20-16/h3-5,7,9-12H,6,8,13H2,1-2H3. The van der Waals surface area contributed by atoms with Crippen molar-refractivity contribution in [3.8, 4) is 16.9 Å². The highest BCUT2D eigenvalue weighted by Gasteiger charge is 2.22. The van der Waals surface area contributed by atoms with Crippen LogP contribution >= 0.6 is 0 Å². The number of benzene rings is 1. The molecule has 3 rings (SSSR count). The van der Waals surface area contributed by atoms with E-state index in [0.29, 0.717) is 25.2 Å². The number of rotatable bonds is 8. The van der Waals surface area contributed by atoms with Crippen molar-refractivity contribution in [2.75, 3.05) is 13.7 Å². The molecule has 0 aliphatic heterocycles.